The molecule has 1 aromatic heterocycles. The van der Waals surface area contributed by atoms with Crippen molar-refractivity contribution in [1.29, 1.82) is 0 Å². The fraction of sp³-hybridized carbons (Fsp3) is 0.304. The lowest BCUT2D eigenvalue weighted by atomic mass is 9.72. The van der Waals surface area contributed by atoms with Crippen LogP contribution in [0.4, 0.5) is 18.9 Å². The molecule has 2 heterocycles. The van der Waals surface area contributed by atoms with Gasteiger partial charge in [-0.1, -0.05) is 32.0 Å². The third-order valence-electron chi connectivity index (χ3n) is 5.70. The van der Waals surface area contributed by atoms with Gasteiger partial charge in [-0.25, -0.2) is 0 Å². The molecule has 0 fully saturated rings. The number of pyridine rings is 1. The molecular weight excluding hydrogens is 423 g/mol. The summed E-state index contributed by atoms with van der Waals surface area (Å²) in [5.41, 5.74) is -4.79. The first-order chi connectivity index (χ1) is 15.0. The molecule has 0 bridgehead atoms. The summed E-state index contributed by atoms with van der Waals surface area (Å²) < 4.78 is 44.1. The number of nitrogens with one attached hydrogen (secondary N) is 1. The number of hydrogen-bond donors (Lipinski definition) is 1. The Kier molecular flexibility index (Phi) is 4.95. The molecule has 0 saturated heterocycles. The van der Waals surface area contributed by atoms with E-state index in [1.165, 1.54) is 36.7 Å². The Hall–Kier alpha value is -3.49. The Bertz CT molecular complexity index is 1130. The molecule has 0 spiro atoms. The smallest absolute Gasteiger partial charge is 0.326 e. The van der Waals surface area contributed by atoms with Crippen molar-refractivity contribution in [1.82, 2.24) is 10.3 Å². The third-order valence-corrected chi connectivity index (χ3v) is 5.70. The predicted octanol–water partition coefficient (Wildman–Crippen LogP) is 3.80. The molecule has 6 nitrogen and oxygen atoms in total. The maximum absolute atomic E-state index is 14.7. The predicted molar refractivity (Wildman–Crippen MR) is 109 cm³/mol. The first-order valence-corrected chi connectivity index (χ1v) is 9.94. The minimum atomic E-state index is -5.26. The molecule has 1 N–H and O–H groups in total. The summed E-state index contributed by atoms with van der Waals surface area (Å²) >= 11 is 0. The van der Waals surface area contributed by atoms with Gasteiger partial charge in [-0.15, -0.1) is 0 Å². The molecule has 1 aliphatic heterocycles. The summed E-state index contributed by atoms with van der Waals surface area (Å²) in [6.45, 7) is 3.51. The van der Waals surface area contributed by atoms with Crippen molar-refractivity contribution in [2.45, 2.75) is 38.4 Å². The standard InChI is InChI=1S/C23H20F3N3O3/c1-21(2)12-16-18(17(30)13-21)22(23(24,25)26,28-19(31)14-8-10-27-11-9-14)20(32)29(16)15-6-4-3-5-7-15/h3-11H,12-13H2,1-2H3,(H,28,31). The molecule has 2 amide bonds. The van der Waals surface area contributed by atoms with Gasteiger partial charge in [0.25, 0.3) is 11.8 Å². The number of carbonyl (C=O) groups excluding carboxylic acids is 3. The highest BCUT2D eigenvalue weighted by atomic mass is 19.4. The van der Waals surface area contributed by atoms with Crippen LogP contribution in [0.2, 0.25) is 0 Å². The van der Waals surface area contributed by atoms with E-state index >= 15 is 0 Å². The molecule has 9 heteroatoms. The molecule has 1 aromatic carbocycles. The van der Waals surface area contributed by atoms with Crippen LogP contribution in [-0.2, 0) is 9.59 Å². The van der Waals surface area contributed by atoms with Gasteiger partial charge >= 0.3 is 6.18 Å². The fourth-order valence-electron chi connectivity index (χ4n) is 4.35. The second-order valence-corrected chi connectivity index (χ2v) is 8.68. The van der Waals surface area contributed by atoms with E-state index in [-0.39, 0.29) is 29.8 Å². The molecular formula is C23H20F3N3O3. The molecule has 2 aromatic rings. The first-order valence-electron chi connectivity index (χ1n) is 9.94. The van der Waals surface area contributed by atoms with Crippen molar-refractivity contribution in [3.63, 3.8) is 0 Å². The van der Waals surface area contributed by atoms with Gasteiger partial charge in [0.15, 0.2) is 5.78 Å². The van der Waals surface area contributed by atoms with Gasteiger partial charge in [-0.2, -0.15) is 13.2 Å². The van der Waals surface area contributed by atoms with Crippen LogP contribution in [-0.4, -0.2) is 34.3 Å². The monoisotopic (exact) mass is 443 g/mol. The summed E-state index contributed by atoms with van der Waals surface area (Å²) in [6, 6.07) is 10.3. The Morgan fingerprint density at radius 3 is 2.25 bits per heavy atom. The number of halogens is 3. The topological polar surface area (TPSA) is 79.4 Å². The van der Waals surface area contributed by atoms with Gasteiger partial charge in [-0.3, -0.25) is 24.3 Å². The maximum Gasteiger partial charge on any atom is 0.425 e. The van der Waals surface area contributed by atoms with E-state index in [2.05, 4.69) is 4.98 Å². The number of aromatic nitrogens is 1. The quantitative estimate of drug-likeness (QED) is 0.783. The van der Waals surface area contributed by atoms with Crippen LogP contribution in [0.3, 0.4) is 0 Å². The number of Topliss-reactive ketones (excluding diaryl/α,β-unsaturated/α-hetero) is 1. The second kappa shape index (κ2) is 7.29. The molecule has 0 saturated carbocycles. The molecule has 2 aliphatic rings. The Balaban J connectivity index is 1.95. The van der Waals surface area contributed by atoms with Crippen LogP contribution in [0.25, 0.3) is 0 Å². The summed E-state index contributed by atoms with van der Waals surface area (Å²) in [6.07, 6.45) is -2.86. The molecule has 1 unspecified atom stereocenters. The summed E-state index contributed by atoms with van der Waals surface area (Å²) in [4.78, 5) is 44.1. The zero-order chi connectivity index (χ0) is 23.3. The van der Waals surface area contributed by atoms with Gasteiger partial charge in [0.05, 0.1) is 5.57 Å². The van der Waals surface area contributed by atoms with Crippen LogP contribution in [0.15, 0.2) is 66.1 Å². The van der Waals surface area contributed by atoms with E-state index in [4.69, 9.17) is 0 Å². The van der Waals surface area contributed by atoms with Crippen LogP contribution >= 0.6 is 0 Å². The maximum atomic E-state index is 14.7. The minimum absolute atomic E-state index is 0.0326. The van der Waals surface area contributed by atoms with Crippen LogP contribution in [0.1, 0.15) is 37.0 Å². The van der Waals surface area contributed by atoms with E-state index < -0.39 is 40.3 Å². The number of ketones is 1. The number of anilines is 1. The number of alkyl halides is 3. The average molecular weight is 443 g/mol. The van der Waals surface area contributed by atoms with Crippen molar-refractivity contribution in [3.8, 4) is 0 Å². The lowest BCUT2D eigenvalue weighted by Gasteiger charge is -2.35. The zero-order valence-corrected chi connectivity index (χ0v) is 17.4. The van der Waals surface area contributed by atoms with Gasteiger partial charge in [0, 0.05) is 35.8 Å². The number of carbonyl (C=O) groups is 3. The van der Waals surface area contributed by atoms with E-state index in [9.17, 15) is 27.6 Å². The Labute approximate surface area is 182 Å². The zero-order valence-electron chi connectivity index (χ0n) is 17.4. The number of hydrogen-bond acceptors (Lipinski definition) is 4. The molecule has 0 radical (unpaired) electrons. The van der Waals surface area contributed by atoms with Gasteiger partial charge in [0.2, 0.25) is 5.54 Å². The van der Waals surface area contributed by atoms with E-state index in [0.717, 1.165) is 4.90 Å². The van der Waals surface area contributed by atoms with Gasteiger partial charge < -0.3 is 5.32 Å². The highest BCUT2D eigenvalue weighted by molar-refractivity contribution is 6.21. The average Bonchev–Trinajstić information content (AvgIpc) is 2.97. The van der Waals surface area contributed by atoms with Crippen molar-refractivity contribution >= 4 is 23.3 Å². The highest BCUT2D eigenvalue weighted by Crippen LogP contribution is 2.52. The normalized spacial score (nSPS) is 22.7. The SMILES string of the molecule is CC1(C)CC(=O)C2=C(C1)N(c1ccccc1)C(=O)C2(NC(=O)c1ccncc1)C(F)(F)F. The van der Waals surface area contributed by atoms with Crippen molar-refractivity contribution in [3.05, 3.63) is 71.7 Å². The largest absolute Gasteiger partial charge is 0.425 e. The summed E-state index contributed by atoms with van der Waals surface area (Å²) in [5.74, 6) is -3.36. The van der Waals surface area contributed by atoms with Crippen molar-refractivity contribution in [2.75, 3.05) is 4.90 Å². The van der Waals surface area contributed by atoms with Crippen LogP contribution in [0.5, 0.6) is 0 Å². The Morgan fingerprint density at radius 1 is 1.03 bits per heavy atom. The lowest BCUT2D eigenvalue weighted by Crippen LogP contribution is -2.66. The van der Waals surface area contributed by atoms with Crippen molar-refractivity contribution in [2.24, 2.45) is 5.41 Å². The molecule has 1 atom stereocenters. The molecule has 4 rings (SSSR count). The van der Waals surface area contributed by atoms with E-state index in [1.54, 1.807) is 32.0 Å². The number of para-hydroxylation sites is 1. The number of nitrogens with zero attached hydrogens (tertiary/aromatic N) is 2. The van der Waals surface area contributed by atoms with Crippen LogP contribution in [0, 0.1) is 5.41 Å². The van der Waals surface area contributed by atoms with Gasteiger partial charge in [-0.05, 0) is 36.1 Å². The fourth-order valence-corrected chi connectivity index (χ4v) is 4.35. The first kappa shape index (κ1) is 21.7. The molecule has 166 valence electrons. The van der Waals surface area contributed by atoms with E-state index in [0.29, 0.717) is 0 Å². The lowest BCUT2D eigenvalue weighted by molar-refractivity contribution is -0.186. The highest BCUT2D eigenvalue weighted by Gasteiger charge is 2.71. The van der Waals surface area contributed by atoms with Crippen LogP contribution < -0.4 is 10.2 Å². The number of benzene rings is 1. The Morgan fingerprint density at radius 2 is 1.66 bits per heavy atom. The summed E-state index contributed by atoms with van der Waals surface area (Å²) in [7, 11) is 0. The minimum Gasteiger partial charge on any atom is -0.326 e. The second-order valence-electron chi connectivity index (χ2n) is 8.68. The molecule has 1 aliphatic carbocycles. The van der Waals surface area contributed by atoms with Gasteiger partial charge in [0.1, 0.15) is 0 Å². The molecule has 32 heavy (non-hydrogen) atoms. The van der Waals surface area contributed by atoms with Crippen molar-refractivity contribution < 1.29 is 27.6 Å². The van der Waals surface area contributed by atoms with E-state index in [1.807, 2.05) is 5.32 Å². The number of amides is 2. The third kappa shape index (κ3) is 3.28. The number of allylic oxidation sites excluding steroid dienone is 1. The summed E-state index contributed by atoms with van der Waals surface area (Å²) in [5, 5.41) is 1.89. The number of rotatable bonds is 3.